The van der Waals surface area contributed by atoms with E-state index in [4.69, 9.17) is 0 Å². The largest absolute Gasteiger partial charge is 0.325 e. The van der Waals surface area contributed by atoms with Gasteiger partial charge in [-0.05, 0) is 36.2 Å². The second-order valence-electron chi connectivity index (χ2n) is 5.22. The van der Waals surface area contributed by atoms with Crippen molar-refractivity contribution in [2.45, 2.75) is 11.8 Å². The molecule has 7 heteroatoms. The summed E-state index contributed by atoms with van der Waals surface area (Å²) >= 11 is 1.30. The Labute approximate surface area is 148 Å². The Hall–Kier alpha value is -2.93. The Kier molecular flexibility index (Phi) is 5.25. The molecule has 2 aromatic heterocycles. The smallest absolute Gasteiger partial charge is 0.237 e. The molecule has 3 rings (SSSR count). The summed E-state index contributed by atoms with van der Waals surface area (Å²) in [5.74, 6) is -0.768. The molecule has 0 atom stereocenters. The third-order valence-corrected chi connectivity index (χ3v) is 4.08. The first-order chi connectivity index (χ1) is 12.1. The Balaban J connectivity index is 1.82. The lowest BCUT2D eigenvalue weighted by molar-refractivity contribution is -0.114. The number of benzene rings is 1. The van der Waals surface area contributed by atoms with Gasteiger partial charge in [-0.1, -0.05) is 18.2 Å². The summed E-state index contributed by atoms with van der Waals surface area (Å²) in [5, 5.41) is 2.67. The number of amides is 1. The van der Waals surface area contributed by atoms with Crippen molar-refractivity contribution in [3.05, 3.63) is 67.0 Å². The lowest BCUT2D eigenvalue weighted by Gasteiger charge is -2.09. The molecule has 0 spiro atoms. The van der Waals surface area contributed by atoms with Crippen LogP contribution in [0, 0.1) is 5.95 Å². The first kappa shape index (κ1) is 16.9. The molecule has 0 aliphatic carbocycles. The summed E-state index contributed by atoms with van der Waals surface area (Å²) in [5.41, 5.74) is 2.27. The van der Waals surface area contributed by atoms with E-state index in [0.29, 0.717) is 11.3 Å². The normalized spacial score (nSPS) is 10.3. The van der Waals surface area contributed by atoms with Gasteiger partial charge < -0.3 is 10.0 Å². The van der Waals surface area contributed by atoms with Crippen LogP contribution in [0.2, 0.25) is 0 Å². The van der Waals surface area contributed by atoms with Gasteiger partial charge in [-0.3, -0.25) is 9.78 Å². The van der Waals surface area contributed by atoms with Crippen LogP contribution in [0.5, 0.6) is 0 Å². The van der Waals surface area contributed by atoms with Crippen LogP contribution in [0.25, 0.3) is 11.1 Å². The Morgan fingerprint density at radius 1 is 1.08 bits per heavy atom. The van der Waals surface area contributed by atoms with Gasteiger partial charge in [-0.15, -0.1) is 0 Å². The average Bonchev–Trinajstić information content (AvgIpc) is 2.61. The van der Waals surface area contributed by atoms with Gasteiger partial charge in [0.15, 0.2) is 0 Å². The Bertz CT molecular complexity index is 889. The number of rotatable bonds is 5. The average molecular weight is 354 g/mol. The van der Waals surface area contributed by atoms with Crippen molar-refractivity contribution >= 4 is 29.2 Å². The van der Waals surface area contributed by atoms with Crippen molar-refractivity contribution in [2.75, 3.05) is 10.0 Å². The Morgan fingerprint density at radius 2 is 1.84 bits per heavy atom. The molecule has 0 radical (unpaired) electrons. The summed E-state index contributed by atoms with van der Waals surface area (Å²) in [7, 11) is 0. The number of hydrogen-bond donors (Lipinski definition) is 2. The summed E-state index contributed by atoms with van der Waals surface area (Å²) in [6, 6.07) is 13.0. The van der Waals surface area contributed by atoms with Crippen LogP contribution in [0.4, 0.5) is 15.8 Å². The zero-order chi connectivity index (χ0) is 17.6. The highest BCUT2D eigenvalue weighted by Crippen LogP contribution is 2.28. The number of hydrogen-bond acceptors (Lipinski definition) is 5. The third-order valence-electron chi connectivity index (χ3n) is 3.25. The molecule has 0 fully saturated rings. The van der Waals surface area contributed by atoms with E-state index in [1.807, 2.05) is 30.3 Å². The van der Waals surface area contributed by atoms with E-state index < -0.39 is 5.95 Å². The van der Waals surface area contributed by atoms with E-state index in [2.05, 4.69) is 20.0 Å². The van der Waals surface area contributed by atoms with Crippen LogP contribution >= 0.6 is 11.9 Å². The number of carbonyl (C=O) groups is 1. The summed E-state index contributed by atoms with van der Waals surface area (Å²) < 4.78 is 17.0. The van der Waals surface area contributed by atoms with Crippen molar-refractivity contribution in [2.24, 2.45) is 0 Å². The van der Waals surface area contributed by atoms with E-state index >= 15 is 0 Å². The van der Waals surface area contributed by atoms with Crippen LogP contribution in [0.15, 0.2) is 66.0 Å². The zero-order valence-corrected chi connectivity index (χ0v) is 14.2. The van der Waals surface area contributed by atoms with Crippen molar-refractivity contribution in [1.82, 2.24) is 9.97 Å². The first-order valence-corrected chi connectivity index (χ1v) is 8.30. The second-order valence-corrected chi connectivity index (χ2v) is 6.10. The number of halogens is 1. The fraction of sp³-hybridized carbons (Fsp3) is 0.0556. The van der Waals surface area contributed by atoms with Crippen LogP contribution in [-0.2, 0) is 4.79 Å². The van der Waals surface area contributed by atoms with Gasteiger partial charge in [0.05, 0.1) is 11.9 Å². The number of pyridine rings is 2. The topological polar surface area (TPSA) is 66.9 Å². The molecule has 2 heterocycles. The Morgan fingerprint density at radius 3 is 2.60 bits per heavy atom. The molecule has 0 unspecified atom stereocenters. The molecule has 1 amide bonds. The van der Waals surface area contributed by atoms with Gasteiger partial charge in [-0.25, -0.2) is 4.98 Å². The van der Waals surface area contributed by atoms with Gasteiger partial charge in [-0.2, -0.15) is 4.39 Å². The van der Waals surface area contributed by atoms with E-state index in [0.717, 1.165) is 10.5 Å². The van der Waals surface area contributed by atoms with E-state index in [-0.39, 0.29) is 11.6 Å². The third kappa shape index (κ3) is 4.54. The van der Waals surface area contributed by atoms with Gasteiger partial charge >= 0.3 is 0 Å². The molecular formula is C18H15FN4OS. The molecule has 0 aliphatic heterocycles. The number of nitrogens with one attached hydrogen (secondary N) is 2. The van der Waals surface area contributed by atoms with Crippen molar-refractivity contribution in [3.63, 3.8) is 0 Å². The zero-order valence-electron chi connectivity index (χ0n) is 13.4. The molecule has 1 aromatic carbocycles. The standard InChI is InChI=1S/C18H15FN4OS/c1-12(24)22-15-7-13(9-20-11-15)14-8-17(18(19)21-10-14)23-25-16-5-3-2-4-6-16/h2-11,23H,1H3,(H,22,24). The predicted molar refractivity (Wildman–Crippen MR) is 97.7 cm³/mol. The highest BCUT2D eigenvalue weighted by Gasteiger charge is 2.08. The van der Waals surface area contributed by atoms with E-state index in [1.54, 1.807) is 24.5 Å². The van der Waals surface area contributed by atoms with Gasteiger partial charge in [0.2, 0.25) is 11.9 Å². The minimum atomic E-state index is -0.585. The highest BCUT2D eigenvalue weighted by molar-refractivity contribution is 8.00. The van der Waals surface area contributed by atoms with E-state index in [9.17, 15) is 9.18 Å². The van der Waals surface area contributed by atoms with Gasteiger partial charge in [0.25, 0.3) is 0 Å². The second kappa shape index (κ2) is 7.76. The van der Waals surface area contributed by atoms with Crippen LogP contribution in [-0.4, -0.2) is 15.9 Å². The number of anilines is 2. The maximum absolute atomic E-state index is 14.0. The van der Waals surface area contributed by atoms with Gasteiger partial charge in [0, 0.05) is 35.3 Å². The summed E-state index contributed by atoms with van der Waals surface area (Å²) in [6.45, 7) is 1.43. The molecule has 5 nitrogen and oxygen atoms in total. The molecule has 0 saturated heterocycles. The molecule has 0 aliphatic rings. The quantitative estimate of drug-likeness (QED) is 0.526. The lowest BCUT2D eigenvalue weighted by Crippen LogP contribution is -2.06. The molecule has 126 valence electrons. The molecule has 0 saturated carbocycles. The summed E-state index contributed by atoms with van der Waals surface area (Å²) in [6.07, 6.45) is 4.61. The number of aromatic nitrogens is 2. The predicted octanol–water partition coefficient (Wildman–Crippen LogP) is 4.36. The molecule has 0 bridgehead atoms. The van der Waals surface area contributed by atoms with E-state index in [1.165, 1.54) is 25.1 Å². The molecule has 25 heavy (non-hydrogen) atoms. The minimum Gasteiger partial charge on any atom is -0.325 e. The molecule has 3 aromatic rings. The highest BCUT2D eigenvalue weighted by atomic mass is 32.2. The monoisotopic (exact) mass is 354 g/mol. The first-order valence-electron chi connectivity index (χ1n) is 7.48. The summed E-state index contributed by atoms with van der Waals surface area (Å²) in [4.78, 5) is 20.0. The number of nitrogens with zero attached hydrogens (tertiary/aromatic N) is 2. The fourth-order valence-corrected chi connectivity index (χ4v) is 2.81. The maximum Gasteiger partial charge on any atom is 0.237 e. The lowest BCUT2D eigenvalue weighted by atomic mass is 10.1. The molecule has 2 N–H and O–H groups in total. The van der Waals surface area contributed by atoms with Crippen LogP contribution in [0.1, 0.15) is 6.92 Å². The molecular weight excluding hydrogens is 339 g/mol. The van der Waals surface area contributed by atoms with Gasteiger partial charge in [0.1, 0.15) is 5.69 Å². The van der Waals surface area contributed by atoms with Crippen molar-refractivity contribution in [1.29, 1.82) is 0 Å². The maximum atomic E-state index is 14.0. The van der Waals surface area contributed by atoms with Crippen LogP contribution < -0.4 is 10.0 Å². The van der Waals surface area contributed by atoms with Crippen molar-refractivity contribution < 1.29 is 9.18 Å². The minimum absolute atomic E-state index is 0.183. The van der Waals surface area contributed by atoms with Crippen LogP contribution in [0.3, 0.4) is 0 Å². The van der Waals surface area contributed by atoms with Crippen molar-refractivity contribution in [3.8, 4) is 11.1 Å². The number of carbonyl (C=O) groups excluding carboxylic acids is 1. The fourth-order valence-electron chi connectivity index (χ4n) is 2.15. The SMILES string of the molecule is CC(=O)Nc1cncc(-c2cnc(F)c(NSc3ccccc3)c2)c1.